The average molecular weight is 357 g/mol. The number of hydrogen-bond acceptors (Lipinski definition) is 5. The van der Waals surface area contributed by atoms with Gasteiger partial charge in [-0.2, -0.15) is 0 Å². The van der Waals surface area contributed by atoms with E-state index in [2.05, 4.69) is 49.6 Å². The third kappa shape index (κ3) is 8.02. The van der Waals surface area contributed by atoms with E-state index < -0.39 is 0 Å². The van der Waals surface area contributed by atoms with Crippen molar-refractivity contribution in [1.29, 1.82) is 0 Å². The molecular formula is C21H31N3O2. The van der Waals surface area contributed by atoms with Crippen molar-refractivity contribution in [3.8, 4) is 0 Å². The third-order valence-corrected chi connectivity index (χ3v) is 3.81. The van der Waals surface area contributed by atoms with Crippen molar-refractivity contribution in [1.82, 2.24) is 15.0 Å². The smallest absolute Gasteiger partial charge is 0.130 e. The molecule has 0 saturated carbocycles. The molecule has 0 aliphatic rings. The molecule has 2 rings (SSSR count). The maximum atomic E-state index is 6.08. The summed E-state index contributed by atoms with van der Waals surface area (Å²) in [6.07, 6.45) is 5.89. The van der Waals surface area contributed by atoms with E-state index >= 15 is 0 Å². The van der Waals surface area contributed by atoms with Gasteiger partial charge in [-0.25, -0.2) is 9.97 Å². The fourth-order valence-corrected chi connectivity index (χ4v) is 2.57. The first-order valence-electron chi connectivity index (χ1n) is 9.22. The normalized spacial score (nSPS) is 12.3. The molecule has 0 unspecified atom stereocenters. The lowest BCUT2D eigenvalue weighted by atomic mass is 10.0. The van der Waals surface area contributed by atoms with Crippen molar-refractivity contribution in [2.24, 2.45) is 0 Å². The van der Waals surface area contributed by atoms with Gasteiger partial charge in [0.25, 0.3) is 0 Å². The van der Waals surface area contributed by atoms with Crippen LogP contribution in [0.25, 0.3) is 0 Å². The van der Waals surface area contributed by atoms with Crippen molar-refractivity contribution in [3.05, 3.63) is 53.9 Å². The summed E-state index contributed by atoms with van der Waals surface area (Å²) in [6.45, 7) is 11.6. The second-order valence-electron chi connectivity index (χ2n) is 8.03. The Morgan fingerprint density at radius 1 is 0.808 bits per heavy atom. The van der Waals surface area contributed by atoms with Crippen LogP contribution in [0.2, 0.25) is 0 Å². The van der Waals surface area contributed by atoms with E-state index in [-0.39, 0.29) is 11.2 Å². The first-order valence-corrected chi connectivity index (χ1v) is 9.22. The SMILES string of the molecule is CC(C)(C)OCCc1nccc(CC(C)(C)OCCc2ccccn2)n1. The molecule has 0 aliphatic carbocycles. The van der Waals surface area contributed by atoms with E-state index in [4.69, 9.17) is 9.47 Å². The summed E-state index contributed by atoms with van der Waals surface area (Å²) in [7, 11) is 0. The van der Waals surface area contributed by atoms with E-state index in [0.29, 0.717) is 19.6 Å². The molecule has 0 atom stereocenters. The summed E-state index contributed by atoms with van der Waals surface area (Å²) in [5.74, 6) is 0.816. The second-order valence-corrected chi connectivity index (χ2v) is 8.03. The quantitative estimate of drug-likeness (QED) is 0.683. The zero-order valence-electron chi connectivity index (χ0n) is 16.7. The predicted octanol–water partition coefficient (Wildman–Crippen LogP) is 3.81. The number of ether oxygens (including phenoxy) is 2. The fraction of sp³-hybridized carbons (Fsp3) is 0.571. The number of pyridine rings is 1. The highest BCUT2D eigenvalue weighted by Crippen LogP contribution is 2.16. The molecule has 2 aromatic heterocycles. The van der Waals surface area contributed by atoms with Crippen LogP contribution in [0, 0.1) is 0 Å². The van der Waals surface area contributed by atoms with Crippen LogP contribution >= 0.6 is 0 Å². The number of aromatic nitrogens is 3. The Labute approximate surface area is 157 Å². The molecule has 142 valence electrons. The third-order valence-electron chi connectivity index (χ3n) is 3.81. The topological polar surface area (TPSA) is 57.1 Å². The zero-order chi connectivity index (χ0) is 19.0. The van der Waals surface area contributed by atoms with Crippen LogP contribution in [0.4, 0.5) is 0 Å². The van der Waals surface area contributed by atoms with Crippen LogP contribution in [-0.4, -0.2) is 39.4 Å². The van der Waals surface area contributed by atoms with Gasteiger partial charge in [-0.3, -0.25) is 4.98 Å². The van der Waals surface area contributed by atoms with Gasteiger partial charge in [0.1, 0.15) is 5.82 Å². The molecular weight excluding hydrogens is 326 g/mol. The highest BCUT2D eigenvalue weighted by Gasteiger charge is 2.20. The van der Waals surface area contributed by atoms with Crippen molar-refractivity contribution in [2.75, 3.05) is 13.2 Å². The number of nitrogens with zero attached hydrogens (tertiary/aromatic N) is 3. The largest absolute Gasteiger partial charge is 0.375 e. The van der Waals surface area contributed by atoms with Crippen molar-refractivity contribution < 1.29 is 9.47 Å². The minimum absolute atomic E-state index is 0.138. The molecule has 2 heterocycles. The Bertz CT molecular complexity index is 666. The van der Waals surface area contributed by atoms with E-state index in [0.717, 1.165) is 30.1 Å². The Kier molecular flexibility index (Phi) is 7.23. The van der Waals surface area contributed by atoms with E-state index in [9.17, 15) is 0 Å². The highest BCUT2D eigenvalue weighted by atomic mass is 16.5. The standard InChI is InChI=1S/C21H31N3O2/c1-20(2,3)25-15-11-19-23-13-9-18(24-19)16-21(4,5)26-14-10-17-8-6-7-12-22-17/h6-9,12-13H,10-11,14-16H2,1-5H3. The monoisotopic (exact) mass is 357 g/mol. The van der Waals surface area contributed by atoms with Crippen molar-refractivity contribution in [3.63, 3.8) is 0 Å². The molecule has 0 N–H and O–H groups in total. The van der Waals surface area contributed by atoms with Crippen LogP contribution in [0.15, 0.2) is 36.7 Å². The Morgan fingerprint density at radius 3 is 2.27 bits per heavy atom. The predicted molar refractivity (Wildman–Crippen MR) is 103 cm³/mol. The minimum atomic E-state index is -0.289. The van der Waals surface area contributed by atoms with Crippen LogP contribution in [0.5, 0.6) is 0 Å². The molecule has 0 bridgehead atoms. The van der Waals surface area contributed by atoms with Gasteiger partial charge in [0.05, 0.1) is 24.4 Å². The van der Waals surface area contributed by atoms with Crippen molar-refractivity contribution >= 4 is 0 Å². The van der Waals surface area contributed by atoms with Gasteiger partial charge in [0.15, 0.2) is 0 Å². The first-order chi connectivity index (χ1) is 12.2. The lowest BCUT2D eigenvalue weighted by Crippen LogP contribution is -2.29. The fourth-order valence-electron chi connectivity index (χ4n) is 2.57. The van der Waals surface area contributed by atoms with Crippen LogP contribution in [0.1, 0.15) is 51.8 Å². The van der Waals surface area contributed by atoms with Gasteiger partial charge in [0.2, 0.25) is 0 Å². The molecule has 5 nitrogen and oxygen atoms in total. The van der Waals surface area contributed by atoms with Gasteiger partial charge >= 0.3 is 0 Å². The lowest BCUT2D eigenvalue weighted by Gasteiger charge is -2.25. The van der Waals surface area contributed by atoms with Crippen LogP contribution in [-0.2, 0) is 28.7 Å². The molecule has 26 heavy (non-hydrogen) atoms. The summed E-state index contributed by atoms with van der Waals surface area (Å²) < 4.78 is 11.8. The average Bonchev–Trinajstić information content (AvgIpc) is 2.54. The Morgan fingerprint density at radius 2 is 1.58 bits per heavy atom. The minimum Gasteiger partial charge on any atom is -0.375 e. The Hall–Kier alpha value is -1.85. The molecule has 5 heteroatoms. The molecule has 2 aromatic rings. The maximum absolute atomic E-state index is 6.08. The number of hydrogen-bond donors (Lipinski definition) is 0. The zero-order valence-corrected chi connectivity index (χ0v) is 16.7. The van der Waals surface area contributed by atoms with Gasteiger partial charge in [-0.05, 0) is 52.8 Å². The molecule has 0 spiro atoms. The van der Waals surface area contributed by atoms with Crippen LogP contribution < -0.4 is 0 Å². The lowest BCUT2D eigenvalue weighted by molar-refractivity contribution is -0.0162. The van der Waals surface area contributed by atoms with Gasteiger partial charge in [-0.15, -0.1) is 0 Å². The Balaban J connectivity index is 1.83. The summed E-state index contributed by atoms with van der Waals surface area (Å²) in [4.78, 5) is 13.3. The number of rotatable bonds is 9. The summed E-state index contributed by atoms with van der Waals surface area (Å²) in [5, 5.41) is 0. The first kappa shape index (κ1) is 20.5. The van der Waals surface area contributed by atoms with E-state index in [1.54, 1.807) is 0 Å². The molecule has 0 fully saturated rings. The van der Waals surface area contributed by atoms with Crippen LogP contribution in [0.3, 0.4) is 0 Å². The molecule has 0 amide bonds. The molecule has 0 radical (unpaired) electrons. The van der Waals surface area contributed by atoms with Gasteiger partial charge in [0, 0.05) is 43.0 Å². The second kappa shape index (κ2) is 9.19. The highest BCUT2D eigenvalue weighted by molar-refractivity contribution is 5.06. The molecule has 0 aliphatic heterocycles. The molecule has 0 saturated heterocycles. The summed E-state index contributed by atoms with van der Waals surface area (Å²) in [6, 6.07) is 7.90. The van der Waals surface area contributed by atoms with Gasteiger partial charge < -0.3 is 9.47 Å². The summed E-state index contributed by atoms with van der Waals surface area (Å²) in [5.41, 5.74) is 1.61. The van der Waals surface area contributed by atoms with E-state index in [1.165, 1.54) is 0 Å². The van der Waals surface area contributed by atoms with E-state index in [1.807, 2.05) is 36.7 Å². The maximum Gasteiger partial charge on any atom is 0.130 e. The molecule has 0 aromatic carbocycles. The van der Waals surface area contributed by atoms with Gasteiger partial charge in [-0.1, -0.05) is 6.07 Å². The van der Waals surface area contributed by atoms with Crippen molar-refractivity contribution in [2.45, 2.75) is 65.1 Å². The summed E-state index contributed by atoms with van der Waals surface area (Å²) >= 11 is 0.